The SMILES string of the molecule is Cc1cc(C(N)=O)ccc1CNC1CC1(C)C. The van der Waals surface area contributed by atoms with E-state index in [0.717, 1.165) is 12.1 Å². The highest BCUT2D eigenvalue weighted by atomic mass is 16.1. The summed E-state index contributed by atoms with van der Waals surface area (Å²) in [5.74, 6) is -0.365. The first kappa shape index (κ1) is 12.1. The molecule has 17 heavy (non-hydrogen) atoms. The van der Waals surface area contributed by atoms with Gasteiger partial charge in [0.1, 0.15) is 0 Å². The molecule has 1 atom stereocenters. The molecule has 0 saturated heterocycles. The van der Waals surface area contributed by atoms with Gasteiger partial charge in [-0.15, -0.1) is 0 Å². The van der Waals surface area contributed by atoms with E-state index in [2.05, 4.69) is 19.2 Å². The highest BCUT2D eigenvalue weighted by Crippen LogP contribution is 2.44. The normalized spacial score (nSPS) is 21.2. The number of nitrogens with two attached hydrogens (primary N) is 1. The quantitative estimate of drug-likeness (QED) is 0.834. The Bertz CT molecular complexity index is 452. The van der Waals surface area contributed by atoms with Crippen molar-refractivity contribution in [1.82, 2.24) is 5.32 Å². The van der Waals surface area contributed by atoms with Gasteiger partial charge in [-0.3, -0.25) is 4.79 Å². The van der Waals surface area contributed by atoms with E-state index in [4.69, 9.17) is 5.73 Å². The highest BCUT2D eigenvalue weighted by Gasteiger charge is 2.44. The number of amides is 1. The van der Waals surface area contributed by atoms with Gasteiger partial charge in [0, 0.05) is 18.2 Å². The molecule has 1 aliphatic rings. The maximum absolute atomic E-state index is 11.0. The summed E-state index contributed by atoms with van der Waals surface area (Å²) in [6, 6.07) is 6.26. The van der Waals surface area contributed by atoms with Crippen molar-refractivity contribution in [2.75, 3.05) is 0 Å². The van der Waals surface area contributed by atoms with Gasteiger partial charge in [0.25, 0.3) is 0 Å². The van der Waals surface area contributed by atoms with Crippen molar-refractivity contribution in [3.05, 3.63) is 34.9 Å². The van der Waals surface area contributed by atoms with E-state index in [1.807, 2.05) is 19.1 Å². The van der Waals surface area contributed by atoms with Crippen molar-refractivity contribution >= 4 is 5.91 Å². The lowest BCUT2D eigenvalue weighted by molar-refractivity contribution is 0.1000. The molecule has 1 aliphatic carbocycles. The second-order valence-corrected chi connectivity index (χ2v) is 5.63. The first-order valence-electron chi connectivity index (χ1n) is 6.03. The zero-order chi connectivity index (χ0) is 12.6. The molecule has 3 nitrogen and oxygen atoms in total. The molecule has 0 aromatic heterocycles. The number of hydrogen-bond acceptors (Lipinski definition) is 2. The Balaban J connectivity index is 2.00. The van der Waals surface area contributed by atoms with Crippen LogP contribution >= 0.6 is 0 Å². The topological polar surface area (TPSA) is 55.1 Å². The van der Waals surface area contributed by atoms with Crippen LogP contribution in [-0.4, -0.2) is 11.9 Å². The predicted octanol–water partition coefficient (Wildman–Crippen LogP) is 1.98. The Morgan fingerprint density at radius 2 is 2.18 bits per heavy atom. The standard InChI is InChI=1S/C14H20N2O/c1-9-6-10(13(15)17)4-5-11(9)8-16-12-7-14(12,2)3/h4-6,12,16H,7-8H2,1-3H3,(H2,15,17). The number of carbonyl (C=O) groups excluding carboxylic acids is 1. The Labute approximate surface area is 102 Å². The van der Waals surface area contributed by atoms with Gasteiger partial charge < -0.3 is 11.1 Å². The number of hydrogen-bond donors (Lipinski definition) is 2. The molecule has 0 radical (unpaired) electrons. The number of nitrogens with one attached hydrogen (secondary N) is 1. The Morgan fingerprint density at radius 1 is 1.53 bits per heavy atom. The Morgan fingerprint density at radius 3 is 2.65 bits per heavy atom. The number of carbonyl (C=O) groups is 1. The molecule has 1 unspecified atom stereocenters. The van der Waals surface area contributed by atoms with Crippen LogP contribution < -0.4 is 11.1 Å². The number of primary amides is 1. The van der Waals surface area contributed by atoms with Gasteiger partial charge in [0.05, 0.1) is 0 Å². The first-order chi connectivity index (χ1) is 7.90. The molecule has 3 heteroatoms. The van der Waals surface area contributed by atoms with Crippen LogP contribution in [0.1, 0.15) is 41.8 Å². The second-order valence-electron chi connectivity index (χ2n) is 5.63. The minimum Gasteiger partial charge on any atom is -0.366 e. The molecule has 1 saturated carbocycles. The van der Waals surface area contributed by atoms with Crippen molar-refractivity contribution in [3.8, 4) is 0 Å². The zero-order valence-electron chi connectivity index (χ0n) is 10.7. The van der Waals surface area contributed by atoms with Gasteiger partial charge in [-0.1, -0.05) is 19.9 Å². The van der Waals surface area contributed by atoms with Crippen molar-refractivity contribution in [1.29, 1.82) is 0 Å². The van der Waals surface area contributed by atoms with Crippen molar-refractivity contribution in [3.63, 3.8) is 0 Å². The fraction of sp³-hybridized carbons (Fsp3) is 0.500. The summed E-state index contributed by atoms with van der Waals surface area (Å²) in [5.41, 5.74) is 8.62. The molecule has 92 valence electrons. The number of aryl methyl sites for hydroxylation is 1. The third kappa shape index (κ3) is 2.67. The van der Waals surface area contributed by atoms with E-state index >= 15 is 0 Å². The summed E-state index contributed by atoms with van der Waals surface area (Å²) in [4.78, 5) is 11.0. The lowest BCUT2D eigenvalue weighted by Gasteiger charge is -2.10. The molecule has 0 spiro atoms. The summed E-state index contributed by atoms with van der Waals surface area (Å²) < 4.78 is 0. The minimum absolute atomic E-state index is 0.365. The van der Waals surface area contributed by atoms with Gasteiger partial charge in [-0.2, -0.15) is 0 Å². The maximum Gasteiger partial charge on any atom is 0.248 e. The second kappa shape index (κ2) is 4.15. The van der Waals surface area contributed by atoms with Gasteiger partial charge in [0.15, 0.2) is 0 Å². The van der Waals surface area contributed by atoms with E-state index < -0.39 is 0 Å². The minimum atomic E-state index is -0.365. The third-order valence-corrected chi connectivity index (χ3v) is 3.68. The fourth-order valence-electron chi connectivity index (χ4n) is 2.10. The first-order valence-corrected chi connectivity index (χ1v) is 6.03. The summed E-state index contributed by atoms with van der Waals surface area (Å²) in [6.45, 7) is 7.42. The van der Waals surface area contributed by atoms with E-state index in [0.29, 0.717) is 17.0 Å². The molecule has 0 heterocycles. The monoisotopic (exact) mass is 232 g/mol. The number of rotatable bonds is 4. The zero-order valence-corrected chi connectivity index (χ0v) is 10.7. The van der Waals surface area contributed by atoms with Crippen LogP contribution in [0.15, 0.2) is 18.2 Å². The molecule has 1 aromatic rings. The van der Waals surface area contributed by atoms with Crippen LogP contribution in [0, 0.1) is 12.3 Å². The molecule has 1 aromatic carbocycles. The van der Waals surface area contributed by atoms with Crippen LogP contribution in [0.4, 0.5) is 0 Å². The van der Waals surface area contributed by atoms with Crippen LogP contribution in [-0.2, 0) is 6.54 Å². The van der Waals surface area contributed by atoms with Gasteiger partial charge in [-0.25, -0.2) is 0 Å². The van der Waals surface area contributed by atoms with Crippen LogP contribution in [0.5, 0.6) is 0 Å². The third-order valence-electron chi connectivity index (χ3n) is 3.68. The average molecular weight is 232 g/mol. The maximum atomic E-state index is 11.0. The van der Waals surface area contributed by atoms with E-state index in [9.17, 15) is 4.79 Å². The molecule has 1 amide bonds. The smallest absolute Gasteiger partial charge is 0.248 e. The average Bonchev–Trinajstić information content (AvgIpc) is 2.84. The number of benzene rings is 1. The largest absolute Gasteiger partial charge is 0.366 e. The molecular formula is C14H20N2O. The summed E-state index contributed by atoms with van der Waals surface area (Å²) >= 11 is 0. The van der Waals surface area contributed by atoms with Crippen molar-refractivity contribution < 1.29 is 4.79 Å². The van der Waals surface area contributed by atoms with Gasteiger partial charge >= 0.3 is 0 Å². The Hall–Kier alpha value is -1.35. The lowest BCUT2D eigenvalue weighted by atomic mass is 10.0. The summed E-state index contributed by atoms with van der Waals surface area (Å²) in [6.07, 6.45) is 1.24. The lowest BCUT2D eigenvalue weighted by Crippen LogP contribution is -2.20. The summed E-state index contributed by atoms with van der Waals surface area (Å²) in [5, 5.41) is 3.54. The van der Waals surface area contributed by atoms with Crippen molar-refractivity contribution in [2.24, 2.45) is 11.1 Å². The van der Waals surface area contributed by atoms with E-state index in [1.165, 1.54) is 12.0 Å². The van der Waals surface area contributed by atoms with Crippen LogP contribution in [0.2, 0.25) is 0 Å². The molecule has 2 rings (SSSR count). The fourth-order valence-corrected chi connectivity index (χ4v) is 2.10. The van der Waals surface area contributed by atoms with E-state index in [-0.39, 0.29) is 5.91 Å². The van der Waals surface area contributed by atoms with Gasteiger partial charge in [-0.05, 0) is 42.0 Å². The van der Waals surface area contributed by atoms with Gasteiger partial charge in [0.2, 0.25) is 5.91 Å². The molecule has 0 aliphatic heterocycles. The molecule has 0 bridgehead atoms. The Kier molecular flexibility index (Phi) is 2.96. The summed E-state index contributed by atoms with van der Waals surface area (Å²) in [7, 11) is 0. The van der Waals surface area contributed by atoms with Crippen LogP contribution in [0.3, 0.4) is 0 Å². The van der Waals surface area contributed by atoms with Crippen molar-refractivity contribution in [2.45, 2.75) is 39.8 Å². The predicted molar refractivity (Wildman–Crippen MR) is 68.7 cm³/mol. The molecule has 1 fully saturated rings. The highest BCUT2D eigenvalue weighted by molar-refractivity contribution is 5.93. The van der Waals surface area contributed by atoms with Crippen LogP contribution in [0.25, 0.3) is 0 Å². The van der Waals surface area contributed by atoms with E-state index in [1.54, 1.807) is 6.07 Å². The molecule has 3 N–H and O–H groups in total. The molecular weight excluding hydrogens is 212 g/mol.